The quantitative estimate of drug-likeness (QED) is 0.858. The van der Waals surface area contributed by atoms with Gasteiger partial charge in [0.2, 0.25) is 0 Å². The van der Waals surface area contributed by atoms with Crippen LogP contribution >= 0.6 is 0 Å². The zero-order valence-corrected chi connectivity index (χ0v) is 13.6. The van der Waals surface area contributed by atoms with E-state index in [4.69, 9.17) is 9.47 Å². The van der Waals surface area contributed by atoms with E-state index in [-0.39, 0.29) is 12.1 Å². The lowest BCUT2D eigenvalue weighted by Crippen LogP contribution is -2.54. The van der Waals surface area contributed by atoms with Gasteiger partial charge in [-0.15, -0.1) is 0 Å². The zero-order chi connectivity index (χ0) is 15.3. The first-order valence-corrected chi connectivity index (χ1v) is 8.01. The maximum atomic E-state index is 12.3. The Hall–Kier alpha value is -0.850. The highest BCUT2D eigenvalue weighted by Gasteiger charge is 2.30. The van der Waals surface area contributed by atoms with Crippen molar-refractivity contribution in [1.82, 2.24) is 15.3 Å². The highest BCUT2D eigenvalue weighted by atomic mass is 16.6. The van der Waals surface area contributed by atoms with Gasteiger partial charge in [-0.1, -0.05) is 0 Å². The number of ether oxygens (including phenoxy) is 2. The lowest BCUT2D eigenvalue weighted by Gasteiger charge is -2.38. The van der Waals surface area contributed by atoms with Gasteiger partial charge in [0.05, 0.1) is 13.2 Å². The number of hydrogen-bond acceptors (Lipinski definition) is 5. The van der Waals surface area contributed by atoms with Gasteiger partial charge in [-0.3, -0.25) is 5.43 Å². The SMILES string of the molecule is CC(C)(C)OC(=O)N1CCCCC1CNN1CCOCC1. The van der Waals surface area contributed by atoms with Crippen molar-refractivity contribution in [3.63, 3.8) is 0 Å². The molecule has 0 aromatic carbocycles. The third kappa shape index (κ3) is 5.45. The molecule has 1 atom stereocenters. The molecule has 0 bridgehead atoms. The fourth-order valence-electron chi connectivity index (χ4n) is 2.73. The minimum atomic E-state index is -0.434. The van der Waals surface area contributed by atoms with Gasteiger partial charge < -0.3 is 14.4 Å². The van der Waals surface area contributed by atoms with Gasteiger partial charge in [-0.25, -0.2) is 9.80 Å². The van der Waals surface area contributed by atoms with Crippen LogP contribution in [0.4, 0.5) is 4.79 Å². The Labute approximate surface area is 127 Å². The predicted octanol–water partition coefficient (Wildman–Crippen LogP) is 1.61. The Morgan fingerprint density at radius 1 is 1.24 bits per heavy atom. The van der Waals surface area contributed by atoms with Crippen LogP contribution in [-0.2, 0) is 9.47 Å². The van der Waals surface area contributed by atoms with Gasteiger partial charge in [0, 0.05) is 32.2 Å². The van der Waals surface area contributed by atoms with Crippen LogP contribution in [0.15, 0.2) is 0 Å². The summed E-state index contributed by atoms with van der Waals surface area (Å²) in [4.78, 5) is 14.2. The molecule has 1 amide bonds. The highest BCUT2D eigenvalue weighted by Crippen LogP contribution is 2.20. The second kappa shape index (κ2) is 7.42. The largest absolute Gasteiger partial charge is 0.444 e. The van der Waals surface area contributed by atoms with Gasteiger partial charge in [0.1, 0.15) is 5.60 Å². The number of piperidine rings is 1. The summed E-state index contributed by atoms with van der Waals surface area (Å²) in [6.07, 6.45) is 3.09. The fraction of sp³-hybridized carbons (Fsp3) is 0.933. The van der Waals surface area contributed by atoms with Crippen molar-refractivity contribution >= 4 is 6.09 Å². The molecule has 2 rings (SSSR count). The Morgan fingerprint density at radius 3 is 2.62 bits per heavy atom. The molecule has 2 saturated heterocycles. The van der Waals surface area contributed by atoms with Gasteiger partial charge >= 0.3 is 6.09 Å². The van der Waals surface area contributed by atoms with E-state index in [9.17, 15) is 4.79 Å². The first-order chi connectivity index (χ1) is 9.96. The topological polar surface area (TPSA) is 54.0 Å². The molecule has 0 radical (unpaired) electrons. The van der Waals surface area contributed by atoms with Crippen molar-refractivity contribution in [2.75, 3.05) is 39.4 Å². The molecule has 0 aromatic heterocycles. The first-order valence-electron chi connectivity index (χ1n) is 8.01. The molecule has 6 nitrogen and oxygen atoms in total. The summed E-state index contributed by atoms with van der Waals surface area (Å²) in [5.74, 6) is 0. The number of carbonyl (C=O) groups excluding carboxylic acids is 1. The minimum absolute atomic E-state index is 0.184. The van der Waals surface area contributed by atoms with E-state index in [1.165, 1.54) is 6.42 Å². The van der Waals surface area contributed by atoms with Crippen LogP contribution in [0.3, 0.4) is 0 Å². The molecule has 0 spiro atoms. The van der Waals surface area contributed by atoms with Crippen LogP contribution in [-0.4, -0.2) is 67.0 Å². The van der Waals surface area contributed by atoms with Crippen LogP contribution in [0.5, 0.6) is 0 Å². The lowest BCUT2D eigenvalue weighted by atomic mass is 10.0. The molecule has 0 saturated carbocycles. The van der Waals surface area contributed by atoms with Crippen molar-refractivity contribution in [3.05, 3.63) is 0 Å². The summed E-state index contributed by atoms with van der Waals surface area (Å²) in [7, 11) is 0. The molecule has 1 unspecified atom stereocenters. The molecule has 2 fully saturated rings. The number of morpholine rings is 1. The van der Waals surface area contributed by atoms with Crippen molar-refractivity contribution in [2.24, 2.45) is 0 Å². The van der Waals surface area contributed by atoms with Gasteiger partial charge in [-0.2, -0.15) is 0 Å². The van der Waals surface area contributed by atoms with E-state index < -0.39 is 5.60 Å². The van der Waals surface area contributed by atoms with Crippen LogP contribution in [0.1, 0.15) is 40.0 Å². The van der Waals surface area contributed by atoms with Gasteiger partial charge in [0.15, 0.2) is 0 Å². The molecular weight excluding hydrogens is 270 g/mol. The fourth-order valence-corrected chi connectivity index (χ4v) is 2.73. The molecular formula is C15H29N3O3. The van der Waals surface area contributed by atoms with Gasteiger partial charge in [-0.05, 0) is 40.0 Å². The number of rotatable bonds is 3. The summed E-state index contributed by atoms with van der Waals surface area (Å²) >= 11 is 0. The van der Waals surface area contributed by atoms with Gasteiger partial charge in [0.25, 0.3) is 0 Å². The number of hydrazine groups is 1. The van der Waals surface area contributed by atoms with Crippen molar-refractivity contribution in [1.29, 1.82) is 0 Å². The third-order valence-corrected chi connectivity index (χ3v) is 3.82. The van der Waals surface area contributed by atoms with Crippen molar-refractivity contribution < 1.29 is 14.3 Å². The molecule has 2 aliphatic rings. The molecule has 2 heterocycles. The highest BCUT2D eigenvalue weighted by molar-refractivity contribution is 5.68. The van der Waals surface area contributed by atoms with E-state index in [1.54, 1.807) is 0 Å². The smallest absolute Gasteiger partial charge is 0.410 e. The van der Waals surface area contributed by atoms with Crippen LogP contribution in [0, 0.1) is 0 Å². The van der Waals surface area contributed by atoms with Crippen molar-refractivity contribution in [3.8, 4) is 0 Å². The molecule has 122 valence electrons. The Balaban J connectivity index is 1.84. The maximum Gasteiger partial charge on any atom is 0.410 e. The van der Waals surface area contributed by atoms with Crippen LogP contribution in [0.25, 0.3) is 0 Å². The molecule has 6 heteroatoms. The molecule has 1 N–H and O–H groups in total. The zero-order valence-electron chi connectivity index (χ0n) is 13.6. The molecule has 0 aromatic rings. The van der Waals surface area contributed by atoms with Crippen LogP contribution < -0.4 is 5.43 Å². The third-order valence-electron chi connectivity index (χ3n) is 3.82. The average Bonchev–Trinajstić information content (AvgIpc) is 2.45. The Kier molecular flexibility index (Phi) is 5.84. The average molecular weight is 299 g/mol. The predicted molar refractivity (Wildman–Crippen MR) is 81.0 cm³/mol. The van der Waals surface area contributed by atoms with E-state index in [2.05, 4.69) is 10.4 Å². The van der Waals surface area contributed by atoms with Crippen molar-refractivity contribution in [2.45, 2.75) is 51.7 Å². The number of hydrogen-bond donors (Lipinski definition) is 1. The molecule has 2 aliphatic heterocycles. The second-order valence-corrected chi connectivity index (χ2v) is 6.79. The first kappa shape index (κ1) is 16.5. The summed E-state index contributed by atoms with van der Waals surface area (Å²) in [6, 6.07) is 0.219. The van der Waals surface area contributed by atoms with E-state index in [0.29, 0.717) is 0 Å². The summed E-state index contributed by atoms with van der Waals surface area (Å²) in [5, 5.41) is 2.19. The maximum absolute atomic E-state index is 12.3. The van der Waals surface area contributed by atoms with E-state index in [0.717, 1.165) is 52.2 Å². The van der Waals surface area contributed by atoms with E-state index >= 15 is 0 Å². The second-order valence-electron chi connectivity index (χ2n) is 6.79. The molecule has 21 heavy (non-hydrogen) atoms. The lowest BCUT2D eigenvalue weighted by molar-refractivity contribution is -0.00678. The number of nitrogens with zero attached hydrogens (tertiary/aromatic N) is 2. The van der Waals surface area contributed by atoms with Crippen LogP contribution in [0.2, 0.25) is 0 Å². The monoisotopic (exact) mass is 299 g/mol. The summed E-state index contributed by atoms with van der Waals surface area (Å²) in [5.41, 5.74) is 3.01. The summed E-state index contributed by atoms with van der Waals surface area (Å²) in [6.45, 7) is 10.7. The normalized spacial score (nSPS) is 24.9. The number of carbonyl (C=O) groups is 1. The minimum Gasteiger partial charge on any atom is -0.444 e. The number of nitrogens with one attached hydrogen (secondary N) is 1. The summed E-state index contributed by atoms with van der Waals surface area (Å²) < 4.78 is 10.9. The Bertz CT molecular complexity index is 338. The van der Waals surface area contributed by atoms with E-state index in [1.807, 2.05) is 25.7 Å². The standard InChI is InChI=1S/C15H29N3O3/c1-15(2,3)21-14(19)18-7-5-4-6-13(18)12-16-17-8-10-20-11-9-17/h13,16H,4-12H2,1-3H3. The Morgan fingerprint density at radius 2 is 1.95 bits per heavy atom. The number of likely N-dealkylation sites (tertiary alicyclic amines) is 1. The number of amides is 1. The molecule has 0 aliphatic carbocycles.